The fourth-order valence-electron chi connectivity index (χ4n) is 1.43. The summed E-state index contributed by atoms with van der Waals surface area (Å²) in [6.07, 6.45) is 0.951. The summed E-state index contributed by atoms with van der Waals surface area (Å²) >= 11 is 0. The van der Waals surface area contributed by atoms with E-state index in [0.29, 0.717) is 11.3 Å². The van der Waals surface area contributed by atoms with Gasteiger partial charge in [0.2, 0.25) is 5.91 Å². The molecule has 0 bridgehead atoms. The second-order valence-electron chi connectivity index (χ2n) is 3.90. The number of carboxylic acids is 1. The number of sulfone groups is 1. The third-order valence-electron chi connectivity index (χ3n) is 2.23. The van der Waals surface area contributed by atoms with Crippen molar-refractivity contribution < 1.29 is 23.1 Å². The molecular weight excluding hydrogens is 258 g/mol. The van der Waals surface area contributed by atoms with Crippen molar-refractivity contribution in [3.05, 3.63) is 29.3 Å². The van der Waals surface area contributed by atoms with Crippen LogP contribution in [0.25, 0.3) is 0 Å². The highest BCUT2D eigenvalue weighted by Crippen LogP contribution is 2.18. The number of rotatable bonds is 4. The molecule has 7 heteroatoms. The maximum absolute atomic E-state index is 11.4. The van der Waals surface area contributed by atoms with E-state index in [-0.39, 0.29) is 5.56 Å². The minimum Gasteiger partial charge on any atom is -0.478 e. The van der Waals surface area contributed by atoms with Crippen molar-refractivity contribution in [3.63, 3.8) is 0 Å². The smallest absolute Gasteiger partial charge is 0.336 e. The molecule has 0 aromatic heterocycles. The molecule has 0 unspecified atom stereocenters. The lowest BCUT2D eigenvalue weighted by atomic mass is 10.1. The van der Waals surface area contributed by atoms with Gasteiger partial charge in [-0.25, -0.2) is 13.2 Å². The number of hydrogen-bond donors (Lipinski definition) is 2. The van der Waals surface area contributed by atoms with E-state index in [4.69, 9.17) is 5.11 Å². The summed E-state index contributed by atoms with van der Waals surface area (Å²) in [6.45, 7) is 1.54. The molecule has 0 heterocycles. The first-order valence-corrected chi connectivity index (χ1v) is 7.07. The molecule has 0 atom stereocenters. The Labute approximate surface area is 105 Å². The zero-order valence-corrected chi connectivity index (χ0v) is 10.7. The molecule has 1 aromatic rings. The van der Waals surface area contributed by atoms with Gasteiger partial charge in [0.05, 0.1) is 5.56 Å². The van der Waals surface area contributed by atoms with Crippen LogP contribution in [0.2, 0.25) is 0 Å². The Morgan fingerprint density at radius 2 is 1.94 bits per heavy atom. The minimum absolute atomic E-state index is 0.0622. The van der Waals surface area contributed by atoms with Crippen LogP contribution < -0.4 is 5.32 Å². The van der Waals surface area contributed by atoms with Gasteiger partial charge in [-0.3, -0.25) is 4.79 Å². The minimum atomic E-state index is -3.41. The Balaban J connectivity index is 2.96. The predicted molar refractivity (Wildman–Crippen MR) is 66.5 cm³/mol. The molecule has 0 fully saturated rings. The topological polar surface area (TPSA) is 101 Å². The summed E-state index contributed by atoms with van der Waals surface area (Å²) in [4.78, 5) is 22.3. The lowest BCUT2D eigenvalue weighted by Gasteiger charge is -2.09. The maximum atomic E-state index is 11.4. The van der Waals surface area contributed by atoms with Gasteiger partial charge in [0.25, 0.3) is 0 Å². The first kappa shape index (κ1) is 14.2. The van der Waals surface area contributed by atoms with Gasteiger partial charge in [-0.1, -0.05) is 6.07 Å². The van der Waals surface area contributed by atoms with Crippen LogP contribution in [-0.2, 0) is 14.6 Å². The molecule has 1 aromatic carbocycles. The second kappa shape index (κ2) is 5.18. The number of carbonyl (C=O) groups excluding carboxylic acids is 1. The van der Waals surface area contributed by atoms with Crippen LogP contribution in [0.1, 0.15) is 15.9 Å². The number of anilines is 1. The molecule has 0 spiro atoms. The Bertz CT molecular complexity index is 591. The monoisotopic (exact) mass is 271 g/mol. The van der Waals surface area contributed by atoms with E-state index in [0.717, 1.165) is 6.26 Å². The standard InChI is InChI=1S/C11H13NO5S/c1-7-8(11(14)15)4-3-5-9(7)12-10(13)6-18(2,16)17/h3-5H,6H2,1-2H3,(H,12,13)(H,14,15). The first-order valence-electron chi connectivity index (χ1n) is 5.01. The molecule has 0 aliphatic heterocycles. The first-order chi connectivity index (χ1) is 8.20. The van der Waals surface area contributed by atoms with Crippen molar-refractivity contribution in [3.8, 4) is 0 Å². The molecule has 2 N–H and O–H groups in total. The average Bonchev–Trinajstić information content (AvgIpc) is 2.17. The fourth-order valence-corrected chi connectivity index (χ4v) is 1.98. The van der Waals surface area contributed by atoms with E-state index in [1.807, 2.05) is 0 Å². The van der Waals surface area contributed by atoms with Gasteiger partial charge in [0, 0.05) is 11.9 Å². The van der Waals surface area contributed by atoms with Crippen molar-refractivity contribution in [2.75, 3.05) is 17.3 Å². The molecule has 0 radical (unpaired) electrons. The van der Waals surface area contributed by atoms with Crippen LogP contribution in [0.3, 0.4) is 0 Å². The Morgan fingerprint density at radius 1 is 1.33 bits per heavy atom. The van der Waals surface area contributed by atoms with Crippen molar-refractivity contribution in [1.82, 2.24) is 0 Å². The molecule has 0 saturated carbocycles. The van der Waals surface area contributed by atoms with Crippen LogP contribution in [0.4, 0.5) is 5.69 Å². The molecule has 18 heavy (non-hydrogen) atoms. The molecule has 6 nitrogen and oxygen atoms in total. The van der Waals surface area contributed by atoms with Crippen LogP contribution >= 0.6 is 0 Å². The maximum Gasteiger partial charge on any atom is 0.336 e. The van der Waals surface area contributed by atoms with E-state index in [9.17, 15) is 18.0 Å². The van der Waals surface area contributed by atoms with Gasteiger partial charge in [-0.2, -0.15) is 0 Å². The number of nitrogens with one attached hydrogen (secondary N) is 1. The lowest BCUT2D eigenvalue weighted by Crippen LogP contribution is -2.22. The second-order valence-corrected chi connectivity index (χ2v) is 6.04. The van der Waals surface area contributed by atoms with E-state index in [2.05, 4.69) is 5.32 Å². The highest BCUT2D eigenvalue weighted by molar-refractivity contribution is 7.91. The van der Waals surface area contributed by atoms with Gasteiger partial charge in [-0.05, 0) is 24.6 Å². The quantitative estimate of drug-likeness (QED) is 0.838. The Morgan fingerprint density at radius 3 is 2.44 bits per heavy atom. The fraction of sp³-hybridized carbons (Fsp3) is 0.273. The summed E-state index contributed by atoms with van der Waals surface area (Å²) in [5.74, 6) is -2.43. The van der Waals surface area contributed by atoms with Crippen molar-refractivity contribution in [2.45, 2.75) is 6.92 Å². The highest BCUT2D eigenvalue weighted by atomic mass is 32.2. The van der Waals surface area contributed by atoms with Gasteiger partial charge >= 0.3 is 5.97 Å². The van der Waals surface area contributed by atoms with Gasteiger partial charge < -0.3 is 10.4 Å². The predicted octanol–water partition coefficient (Wildman–Crippen LogP) is 0.676. The molecular formula is C11H13NO5S. The van der Waals surface area contributed by atoms with E-state index in [1.54, 1.807) is 6.92 Å². The SMILES string of the molecule is Cc1c(NC(=O)CS(C)(=O)=O)cccc1C(=O)O. The summed E-state index contributed by atoms with van der Waals surface area (Å²) in [5, 5.41) is 11.3. The molecule has 1 amide bonds. The van der Waals surface area contributed by atoms with Crippen molar-refractivity contribution >= 4 is 27.4 Å². The number of aromatic carboxylic acids is 1. The zero-order chi connectivity index (χ0) is 13.9. The van der Waals surface area contributed by atoms with E-state index >= 15 is 0 Å². The average molecular weight is 271 g/mol. The summed E-state index contributed by atoms with van der Waals surface area (Å²) in [6, 6.07) is 4.40. The van der Waals surface area contributed by atoms with Gasteiger partial charge in [0.1, 0.15) is 5.75 Å². The summed E-state index contributed by atoms with van der Waals surface area (Å²) in [5.41, 5.74) is 0.738. The van der Waals surface area contributed by atoms with Crippen LogP contribution in [-0.4, -0.2) is 37.4 Å². The zero-order valence-electron chi connectivity index (χ0n) is 9.93. The van der Waals surface area contributed by atoms with Crippen LogP contribution in [0.5, 0.6) is 0 Å². The molecule has 0 aliphatic carbocycles. The summed E-state index contributed by atoms with van der Waals surface area (Å²) < 4.78 is 21.9. The molecule has 1 rings (SSSR count). The van der Waals surface area contributed by atoms with Crippen LogP contribution in [0, 0.1) is 6.92 Å². The van der Waals surface area contributed by atoms with E-state index < -0.39 is 27.5 Å². The Kier molecular flexibility index (Phi) is 4.07. The molecule has 0 aliphatic rings. The highest BCUT2D eigenvalue weighted by Gasteiger charge is 2.14. The third-order valence-corrected chi connectivity index (χ3v) is 3.02. The Hall–Kier alpha value is -1.89. The van der Waals surface area contributed by atoms with Crippen molar-refractivity contribution in [2.24, 2.45) is 0 Å². The van der Waals surface area contributed by atoms with Crippen LogP contribution in [0.15, 0.2) is 18.2 Å². The normalized spacial score (nSPS) is 11.0. The van der Waals surface area contributed by atoms with E-state index in [1.165, 1.54) is 18.2 Å². The summed E-state index contributed by atoms with van der Waals surface area (Å²) in [7, 11) is -3.41. The number of carboxylic acid groups (broad SMARTS) is 1. The third kappa shape index (κ3) is 3.85. The number of amides is 1. The number of benzene rings is 1. The van der Waals surface area contributed by atoms with Crippen molar-refractivity contribution in [1.29, 1.82) is 0 Å². The lowest BCUT2D eigenvalue weighted by molar-refractivity contribution is -0.113. The molecule has 98 valence electrons. The molecule has 0 saturated heterocycles. The van der Waals surface area contributed by atoms with Gasteiger partial charge in [-0.15, -0.1) is 0 Å². The largest absolute Gasteiger partial charge is 0.478 e. The van der Waals surface area contributed by atoms with Gasteiger partial charge in [0.15, 0.2) is 9.84 Å². The number of hydrogen-bond acceptors (Lipinski definition) is 4. The number of carbonyl (C=O) groups is 2.